The smallest absolute Gasteiger partial charge is 0.407 e. The maximum absolute atomic E-state index is 13.7. The molecule has 0 spiro atoms. The maximum Gasteiger partial charge on any atom is 0.407 e. The number of H-pyrrole nitrogens is 3. The van der Waals surface area contributed by atoms with Crippen LogP contribution in [-0.4, -0.2) is 118 Å². The first kappa shape index (κ1) is 38.7. The van der Waals surface area contributed by atoms with Crippen molar-refractivity contribution in [1.82, 2.24) is 55.4 Å². The number of hydrogen-bond donors (Lipinski definition) is 5. The molecule has 2 aliphatic rings. The van der Waals surface area contributed by atoms with Crippen molar-refractivity contribution >= 4 is 24.0 Å². The molecule has 2 aliphatic heterocycles. The monoisotopic (exact) mass is 777 g/mol. The van der Waals surface area contributed by atoms with Gasteiger partial charge in [0.25, 0.3) is 0 Å². The van der Waals surface area contributed by atoms with E-state index in [0.717, 1.165) is 64.2 Å². The number of carbonyl (C=O) groups is 4. The van der Waals surface area contributed by atoms with Crippen LogP contribution in [0.3, 0.4) is 0 Å². The van der Waals surface area contributed by atoms with Gasteiger partial charge in [-0.15, -0.1) is 5.10 Å². The highest BCUT2D eigenvalue weighted by Gasteiger charge is 2.40. The van der Waals surface area contributed by atoms with Crippen molar-refractivity contribution < 1.29 is 29.0 Å². The highest BCUT2D eigenvalue weighted by atomic mass is 16.5. The molecule has 1 unspecified atom stereocenters. The summed E-state index contributed by atoms with van der Waals surface area (Å²) in [4.78, 5) is 71.9. The van der Waals surface area contributed by atoms with Crippen molar-refractivity contribution in [2.24, 2.45) is 5.92 Å². The van der Waals surface area contributed by atoms with Gasteiger partial charge in [0.1, 0.15) is 23.7 Å². The molecule has 0 aliphatic carbocycles. The molecular formula is C40H47N11O6. The summed E-state index contributed by atoms with van der Waals surface area (Å²) in [5.41, 5.74) is 6.16. The zero-order valence-electron chi connectivity index (χ0n) is 32.3. The minimum Gasteiger partial charge on any atom is -0.465 e. The number of carboxylic acid groups (broad SMARTS) is 1. The van der Waals surface area contributed by atoms with E-state index >= 15 is 0 Å². The first-order valence-electron chi connectivity index (χ1n) is 19.1. The lowest BCUT2D eigenvalue weighted by molar-refractivity contribution is -0.138. The topological polar surface area (TPSA) is 218 Å². The zero-order valence-corrected chi connectivity index (χ0v) is 32.3. The second kappa shape index (κ2) is 16.7. The number of amides is 4. The molecule has 5 N–H and O–H groups in total. The van der Waals surface area contributed by atoms with Crippen molar-refractivity contribution in [1.29, 1.82) is 0 Å². The Morgan fingerprint density at radius 3 is 1.81 bits per heavy atom. The Morgan fingerprint density at radius 1 is 0.842 bits per heavy atom. The number of aromatic nitrogens is 7. The number of aromatic amines is 3. The van der Waals surface area contributed by atoms with Gasteiger partial charge in [-0.3, -0.25) is 19.6 Å². The van der Waals surface area contributed by atoms with E-state index in [1.165, 1.54) is 14.2 Å². The summed E-state index contributed by atoms with van der Waals surface area (Å²) >= 11 is 0. The average Bonchev–Trinajstić information content (AvgIpc) is 4.07. The van der Waals surface area contributed by atoms with Gasteiger partial charge in [0, 0.05) is 32.8 Å². The average molecular weight is 778 g/mol. The van der Waals surface area contributed by atoms with Gasteiger partial charge in [-0.1, -0.05) is 67.6 Å². The number of benzene rings is 2. The molecule has 17 heteroatoms. The fraction of sp³-hybridized carbons (Fsp3) is 0.400. The number of nitrogens with zero attached hydrogens (tertiary/aromatic N) is 7. The maximum atomic E-state index is 13.7. The predicted molar refractivity (Wildman–Crippen MR) is 208 cm³/mol. The minimum absolute atomic E-state index is 0.162. The summed E-state index contributed by atoms with van der Waals surface area (Å²) in [6.45, 7) is 4.79. The molecule has 57 heavy (non-hydrogen) atoms. The third kappa shape index (κ3) is 8.22. The molecule has 2 aromatic carbocycles. The molecule has 0 bridgehead atoms. The van der Waals surface area contributed by atoms with Gasteiger partial charge < -0.3 is 34.9 Å². The molecule has 5 heterocycles. The van der Waals surface area contributed by atoms with Crippen LogP contribution in [0.25, 0.3) is 33.6 Å². The molecule has 0 saturated carbocycles. The Labute approximate surface area is 329 Å². The van der Waals surface area contributed by atoms with Gasteiger partial charge in [0.05, 0.1) is 48.7 Å². The zero-order chi connectivity index (χ0) is 40.2. The fourth-order valence-electron chi connectivity index (χ4n) is 7.94. The van der Waals surface area contributed by atoms with Crippen LogP contribution in [0.15, 0.2) is 67.1 Å². The van der Waals surface area contributed by atoms with E-state index in [1.807, 2.05) is 38.1 Å². The predicted octanol–water partition coefficient (Wildman–Crippen LogP) is 5.18. The highest BCUT2D eigenvalue weighted by Crippen LogP contribution is 2.35. The van der Waals surface area contributed by atoms with Gasteiger partial charge in [0.2, 0.25) is 11.8 Å². The van der Waals surface area contributed by atoms with E-state index in [-0.39, 0.29) is 36.2 Å². The summed E-state index contributed by atoms with van der Waals surface area (Å²) in [5, 5.41) is 22.6. The van der Waals surface area contributed by atoms with E-state index in [2.05, 4.69) is 64.9 Å². The standard InChI is InChI=1S/C40H47N11O6/c1-23(2)34(49(3)40(55)56)38(53)51-18-6-8-33(51)36-42-22-31(45-36)27-15-11-25(12-16-27)24-9-13-26(14-10-24)30-21-41-35(44-30)32-7-5-17-50(32)37(52)29(46-39(54)57-4)19-28-20-43-48-47-28/h9-16,20-23,29,32-34H,5-8,17-19H2,1-4H3,(H,41,44)(H,42,45)(H,46,54)(H,55,56)(H,43,47,48)/t29-,32?,33-,34-/m0/s1. The summed E-state index contributed by atoms with van der Waals surface area (Å²) in [6, 6.07) is 14.1. The Morgan fingerprint density at radius 2 is 1.35 bits per heavy atom. The molecule has 4 atom stereocenters. The number of likely N-dealkylation sites (tertiary alicyclic amines) is 2. The lowest BCUT2D eigenvalue weighted by atomic mass is 10.0. The van der Waals surface area contributed by atoms with Gasteiger partial charge in [-0.25, -0.2) is 19.6 Å². The van der Waals surface area contributed by atoms with Crippen LogP contribution in [0.4, 0.5) is 9.59 Å². The van der Waals surface area contributed by atoms with Crippen LogP contribution < -0.4 is 5.32 Å². The highest BCUT2D eigenvalue weighted by molar-refractivity contribution is 5.87. The summed E-state index contributed by atoms with van der Waals surface area (Å²) in [6.07, 6.45) is 6.55. The molecule has 2 saturated heterocycles. The second-order valence-corrected chi connectivity index (χ2v) is 14.8. The van der Waals surface area contributed by atoms with E-state index < -0.39 is 24.3 Å². The van der Waals surface area contributed by atoms with Crippen molar-refractivity contribution in [3.63, 3.8) is 0 Å². The van der Waals surface area contributed by atoms with E-state index in [9.17, 15) is 24.3 Å². The Balaban J connectivity index is 1.00. The first-order chi connectivity index (χ1) is 27.5. The molecule has 298 valence electrons. The van der Waals surface area contributed by atoms with Crippen molar-refractivity contribution in [2.45, 2.75) is 70.1 Å². The number of ether oxygens (including phenoxy) is 1. The lowest BCUT2D eigenvalue weighted by Gasteiger charge is -2.33. The van der Waals surface area contributed by atoms with E-state index in [4.69, 9.17) is 4.74 Å². The minimum atomic E-state index is -1.13. The quantitative estimate of drug-likeness (QED) is 0.112. The van der Waals surface area contributed by atoms with Gasteiger partial charge in [-0.05, 0) is 53.9 Å². The third-order valence-corrected chi connectivity index (χ3v) is 10.9. The molecular weight excluding hydrogens is 731 g/mol. The number of nitrogens with one attached hydrogen (secondary N) is 4. The largest absolute Gasteiger partial charge is 0.465 e. The fourth-order valence-corrected chi connectivity index (χ4v) is 7.94. The van der Waals surface area contributed by atoms with E-state index in [1.54, 1.807) is 28.4 Å². The van der Waals surface area contributed by atoms with Crippen molar-refractivity contribution in [3.05, 3.63) is 84.5 Å². The van der Waals surface area contributed by atoms with Crippen LogP contribution in [0.2, 0.25) is 0 Å². The van der Waals surface area contributed by atoms with Crippen molar-refractivity contribution in [2.75, 3.05) is 27.2 Å². The molecule has 0 radical (unpaired) electrons. The molecule has 17 nitrogen and oxygen atoms in total. The SMILES string of the molecule is COC(=O)N[C@@H](Cc1c[nH]nn1)C(=O)N1CCCC1c1ncc(-c2ccc(-c3ccc(-c4cnc([C@@H]5CCCN5C(=O)[C@H](C(C)C)N(C)C(=O)O)[nH]4)cc3)cc2)[nH]1. The Kier molecular flexibility index (Phi) is 11.3. The number of rotatable bonds is 12. The first-order valence-corrected chi connectivity index (χ1v) is 19.1. The Hall–Kier alpha value is -6.52. The molecule has 3 aromatic heterocycles. The Bertz CT molecular complexity index is 2180. The van der Waals surface area contributed by atoms with Gasteiger partial charge >= 0.3 is 12.2 Å². The molecule has 2 fully saturated rings. The van der Waals surface area contributed by atoms with Gasteiger partial charge in [0.15, 0.2) is 0 Å². The third-order valence-electron chi connectivity index (χ3n) is 10.9. The van der Waals surface area contributed by atoms with E-state index in [0.29, 0.717) is 30.4 Å². The molecule has 4 amide bonds. The number of hydrogen-bond acceptors (Lipinski definition) is 9. The number of alkyl carbamates (subject to hydrolysis) is 1. The molecule has 5 aromatic rings. The number of carbonyl (C=O) groups excluding carboxylic acids is 3. The normalized spacial score (nSPS) is 17.8. The number of likely N-dealkylation sites (N-methyl/N-ethyl adjacent to an activating group) is 1. The summed E-state index contributed by atoms with van der Waals surface area (Å²) < 4.78 is 4.77. The van der Waals surface area contributed by atoms with Crippen LogP contribution >= 0.6 is 0 Å². The van der Waals surface area contributed by atoms with Crippen LogP contribution in [-0.2, 0) is 20.7 Å². The van der Waals surface area contributed by atoms with Crippen molar-refractivity contribution in [3.8, 4) is 33.6 Å². The van der Waals surface area contributed by atoms with Crippen LogP contribution in [0.5, 0.6) is 0 Å². The summed E-state index contributed by atoms with van der Waals surface area (Å²) in [7, 11) is 2.70. The lowest BCUT2D eigenvalue weighted by Crippen LogP contribution is -2.51. The van der Waals surface area contributed by atoms with Gasteiger partial charge in [-0.2, -0.15) is 0 Å². The summed E-state index contributed by atoms with van der Waals surface area (Å²) in [5.74, 6) is 0.734. The second-order valence-electron chi connectivity index (χ2n) is 14.8. The molecule has 7 rings (SSSR count). The number of methoxy groups -OCH3 is 1. The van der Waals surface area contributed by atoms with Crippen LogP contribution in [0, 0.1) is 5.92 Å². The van der Waals surface area contributed by atoms with Crippen LogP contribution in [0.1, 0.15) is 69.0 Å². The number of imidazole rings is 2.